The van der Waals surface area contributed by atoms with Gasteiger partial charge in [0.25, 0.3) is 5.91 Å². The highest BCUT2D eigenvalue weighted by Gasteiger charge is 2.36. The number of nitrogens with one attached hydrogen (secondary N) is 1. The molecule has 3 aromatic rings. The van der Waals surface area contributed by atoms with Crippen LogP contribution >= 0.6 is 0 Å². The number of fused-ring (bicyclic) bond motifs is 4. The zero-order valence-electron chi connectivity index (χ0n) is 20.1. The van der Waals surface area contributed by atoms with Crippen LogP contribution in [-0.4, -0.2) is 53.4 Å². The van der Waals surface area contributed by atoms with E-state index in [1.807, 2.05) is 0 Å². The predicted molar refractivity (Wildman–Crippen MR) is 127 cm³/mol. The molecule has 1 N–H and O–H groups in total. The van der Waals surface area contributed by atoms with Crippen LogP contribution in [0, 0.1) is 17.7 Å². The van der Waals surface area contributed by atoms with Crippen molar-refractivity contribution in [3.8, 4) is 5.75 Å². The Kier molecular flexibility index (Phi) is 6.09. The molecule has 2 atom stereocenters. The Bertz CT molecular complexity index is 1310. The summed E-state index contributed by atoms with van der Waals surface area (Å²) in [6.45, 7) is 2.38. The van der Waals surface area contributed by atoms with Gasteiger partial charge >= 0.3 is 6.36 Å². The third-order valence-electron chi connectivity index (χ3n) is 8.10. The lowest BCUT2D eigenvalue weighted by molar-refractivity contribution is -0.274. The fourth-order valence-electron chi connectivity index (χ4n) is 6.28. The Morgan fingerprint density at radius 2 is 1.84 bits per heavy atom. The van der Waals surface area contributed by atoms with Gasteiger partial charge in [0.2, 0.25) is 0 Å². The third kappa shape index (κ3) is 4.67. The van der Waals surface area contributed by atoms with Crippen LogP contribution in [-0.2, 0) is 17.6 Å². The number of pyridine rings is 1. The van der Waals surface area contributed by atoms with E-state index < -0.39 is 6.36 Å². The van der Waals surface area contributed by atoms with Crippen LogP contribution in [0.15, 0.2) is 30.5 Å². The number of H-pyrrole nitrogens is 1. The molecule has 37 heavy (non-hydrogen) atoms. The number of piperidine rings is 1. The van der Waals surface area contributed by atoms with E-state index in [1.165, 1.54) is 18.3 Å². The Hall–Kier alpha value is -3.14. The molecule has 2 saturated heterocycles. The van der Waals surface area contributed by atoms with E-state index in [4.69, 9.17) is 4.74 Å². The summed E-state index contributed by atoms with van der Waals surface area (Å²) in [4.78, 5) is 22.5. The van der Waals surface area contributed by atoms with Crippen molar-refractivity contribution in [1.82, 2.24) is 14.9 Å². The van der Waals surface area contributed by atoms with Gasteiger partial charge < -0.3 is 19.4 Å². The second-order valence-electron chi connectivity index (χ2n) is 10.3. The highest BCUT2D eigenvalue weighted by Crippen LogP contribution is 2.42. The van der Waals surface area contributed by atoms with Crippen LogP contribution in [0.3, 0.4) is 0 Å². The summed E-state index contributed by atoms with van der Waals surface area (Å²) >= 11 is 0. The number of benzene rings is 1. The molecule has 0 radical (unpaired) electrons. The fourth-order valence-corrected chi connectivity index (χ4v) is 6.28. The van der Waals surface area contributed by atoms with Gasteiger partial charge in [-0.1, -0.05) is 0 Å². The Balaban J connectivity index is 1.20. The van der Waals surface area contributed by atoms with Crippen molar-refractivity contribution in [1.29, 1.82) is 0 Å². The first-order valence-electron chi connectivity index (χ1n) is 12.7. The van der Waals surface area contributed by atoms with Crippen LogP contribution in [0.4, 0.5) is 17.6 Å². The first kappa shape index (κ1) is 24.2. The summed E-state index contributed by atoms with van der Waals surface area (Å²) in [6.07, 6.45) is 0.505. The van der Waals surface area contributed by atoms with E-state index in [9.17, 15) is 18.0 Å². The third-order valence-corrected chi connectivity index (χ3v) is 8.10. The number of nitrogens with zero attached hydrogens (tertiary/aromatic N) is 2. The van der Waals surface area contributed by atoms with E-state index >= 15 is 4.39 Å². The Morgan fingerprint density at radius 3 is 2.57 bits per heavy atom. The van der Waals surface area contributed by atoms with E-state index in [0.29, 0.717) is 43.3 Å². The van der Waals surface area contributed by atoms with Crippen LogP contribution in [0.5, 0.6) is 5.75 Å². The lowest BCUT2D eigenvalue weighted by Gasteiger charge is -2.36. The van der Waals surface area contributed by atoms with E-state index in [-0.39, 0.29) is 29.0 Å². The second-order valence-corrected chi connectivity index (χ2v) is 10.3. The maximum absolute atomic E-state index is 15.3. The Morgan fingerprint density at radius 1 is 1.08 bits per heavy atom. The number of amides is 1. The molecule has 0 bridgehead atoms. The van der Waals surface area contributed by atoms with E-state index in [0.717, 1.165) is 66.9 Å². The van der Waals surface area contributed by atoms with Gasteiger partial charge in [-0.2, -0.15) is 0 Å². The van der Waals surface area contributed by atoms with Gasteiger partial charge in [0.1, 0.15) is 17.2 Å². The minimum Gasteiger partial charge on any atom is -0.406 e. The quantitative estimate of drug-likeness (QED) is 0.475. The number of ether oxygens (including phenoxy) is 2. The number of carbonyl (C=O) groups is 1. The number of halogens is 4. The maximum atomic E-state index is 15.3. The number of likely N-dealkylation sites (tertiary alicyclic amines) is 1. The molecule has 2 aliphatic heterocycles. The van der Waals surface area contributed by atoms with Crippen LogP contribution < -0.4 is 4.74 Å². The van der Waals surface area contributed by atoms with Crippen molar-refractivity contribution in [2.24, 2.45) is 11.8 Å². The average Bonchev–Trinajstić information content (AvgIpc) is 3.24. The molecule has 3 aliphatic rings. The molecule has 4 heterocycles. The molecule has 0 spiro atoms. The summed E-state index contributed by atoms with van der Waals surface area (Å²) in [5.74, 6) is -0.00556. The minimum absolute atomic E-state index is 0.0580. The van der Waals surface area contributed by atoms with Crippen LogP contribution in [0.25, 0.3) is 11.0 Å². The number of hydrogen-bond acceptors (Lipinski definition) is 4. The number of alkyl halides is 3. The molecule has 196 valence electrons. The van der Waals surface area contributed by atoms with Gasteiger partial charge in [-0.3, -0.25) is 4.79 Å². The smallest absolute Gasteiger partial charge is 0.406 e. The number of aromatic amines is 1. The summed E-state index contributed by atoms with van der Waals surface area (Å²) in [6, 6.07) is 4.92. The largest absolute Gasteiger partial charge is 0.573 e. The molecule has 2 aromatic heterocycles. The van der Waals surface area contributed by atoms with Gasteiger partial charge in [0.05, 0.1) is 6.20 Å². The standard InChI is InChI=1S/C27H27F4N3O3/c28-21-13-32-25-24(20-11-18-14-36-10-7-17(18)12-22(20)33-25)23(21)15-5-8-34(9-6-15)26(35)16-1-3-19(4-2-16)37-27(29,30)31/h1-4,13,15,17-18H,5-12,14H2,(H,32,33)/t17-,18+/m1/s1. The molecule has 1 amide bonds. The molecule has 6 nitrogen and oxygen atoms in total. The molecule has 2 fully saturated rings. The van der Waals surface area contributed by atoms with Crippen LogP contribution in [0.1, 0.15) is 52.4 Å². The van der Waals surface area contributed by atoms with Crippen molar-refractivity contribution in [2.75, 3.05) is 26.3 Å². The predicted octanol–water partition coefficient (Wildman–Crippen LogP) is 5.37. The highest BCUT2D eigenvalue weighted by atomic mass is 19.4. The minimum atomic E-state index is -4.79. The molecule has 0 saturated carbocycles. The zero-order valence-corrected chi connectivity index (χ0v) is 20.1. The van der Waals surface area contributed by atoms with Crippen molar-refractivity contribution in [3.63, 3.8) is 0 Å². The maximum Gasteiger partial charge on any atom is 0.573 e. The van der Waals surface area contributed by atoms with Gasteiger partial charge in [0.15, 0.2) is 0 Å². The highest BCUT2D eigenvalue weighted by molar-refractivity contribution is 5.94. The zero-order chi connectivity index (χ0) is 25.7. The van der Waals surface area contributed by atoms with Crippen molar-refractivity contribution >= 4 is 16.9 Å². The fraction of sp³-hybridized carbons (Fsp3) is 0.481. The lowest BCUT2D eigenvalue weighted by Crippen LogP contribution is -2.38. The molecule has 0 unspecified atom stereocenters. The monoisotopic (exact) mass is 517 g/mol. The second kappa shape index (κ2) is 9.31. The van der Waals surface area contributed by atoms with Gasteiger partial charge in [0, 0.05) is 48.5 Å². The summed E-state index contributed by atoms with van der Waals surface area (Å²) in [7, 11) is 0. The van der Waals surface area contributed by atoms with Gasteiger partial charge in [-0.15, -0.1) is 13.2 Å². The molecular weight excluding hydrogens is 490 g/mol. The molecule has 10 heteroatoms. The first-order chi connectivity index (χ1) is 17.8. The van der Waals surface area contributed by atoms with E-state index in [1.54, 1.807) is 4.90 Å². The van der Waals surface area contributed by atoms with Crippen molar-refractivity contribution in [3.05, 3.63) is 58.7 Å². The first-order valence-corrected chi connectivity index (χ1v) is 12.7. The van der Waals surface area contributed by atoms with Gasteiger partial charge in [-0.05, 0) is 79.7 Å². The molecular formula is C27H27F4N3O3. The van der Waals surface area contributed by atoms with Crippen LogP contribution in [0.2, 0.25) is 0 Å². The van der Waals surface area contributed by atoms with E-state index in [2.05, 4.69) is 14.7 Å². The van der Waals surface area contributed by atoms with Gasteiger partial charge in [-0.25, -0.2) is 9.37 Å². The molecule has 1 aromatic carbocycles. The topological polar surface area (TPSA) is 67.5 Å². The summed E-state index contributed by atoms with van der Waals surface area (Å²) in [5, 5.41) is 0.893. The normalized spacial score (nSPS) is 22.5. The average molecular weight is 518 g/mol. The Labute approximate surface area is 211 Å². The summed E-state index contributed by atoms with van der Waals surface area (Å²) in [5.41, 5.74) is 4.00. The number of rotatable bonds is 3. The number of carbonyl (C=O) groups excluding carboxylic acids is 1. The van der Waals surface area contributed by atoms with Crippen molar-refractivity contribution in [2.45, 2.75) is 44.4 Å². The van der Waals surface area contributed by atoms with Crippen molar-refractivity contribution < 1.29 is 31.8 Å². The SMILES string of the molecule is O=C(c1ccc(OC(F)(F)F)cc1)N1CCC(c2c(F)cnc3[nH]c4c(c23)C[C@H]2COCC[C@@H]2C4)CC1. The number of hydrogen-bond donors (Lipinski definition) is 1. The number of aromatic nitrogens is 2. The lowest BCUT2D eigenvalue weighted by atomic mass is 9.75. The molecule has 1 aliphatic carbocycles. The summed E-state index contributed by atoms with van der Waals surface area (Å²) < 4.78 is 62.1. The molecule has 6 rings (SSSR count).